The molecular formula is C19H18N4O5S3. The number of hydrogen-bond acceptors (Lipinski definition) is 9. The number of piperidine rings is 1. The van der Waals surface area contributed by atoms with E-state index < -0.39 is 10.0 Å². The lowest BCUT2D eigenvalue weighted by Crippen LogP contribution is -2.38. The van der Waals surface area contributed by atoms with Gasteiger partial charge in [-0.1, -0.05) is 17.4 Å². The zero-order valence-electron chi connectivity index (χ0n) is 16.2. The largest absolute Gasteiger partial charge is 0.454 e. The van der Waals surface area contributed by atoms with Gasteiger partial charge in [-0.05, 0) is 36.4 Å². The van der Waals surface area contributed by atoms with E-state index >= 15 is 0 Å². The first-order valence-corrected chi connectivity index (χ1v) is 12.7. The Hall–Kier alpha value is -2.54. The van der Waals surface area contributed by atoms with Crippen molar-refractivity contribution >= 4 is 44.3 Å². The molecule has 0 radical (unpaired) electrons. The topological polar surface area (TPSA) is 111 Å². The Labute approximate surface area is 186 Å². The summed E-state index contributed by atoms with van der Waals surface area (Å²) in [5.41, 5.74) is 0.567. The fourth-order valence-corrected chi connectivity index (χ4v) is 7.08. The molecule has 1 atom stereocenters. The highest BCUT2D eigenvalue weighted by Crippen LogP contribution is 2.35. The highest BCUT2D eigenvalue weighted by molar-refractivity contribution is 7.91. The molecule has 1 N–H and O–H groups in total. The number of rotatable bonds is 5. The molecule has 0 unspecified atom stereocenters. The maximum absolute atomic E-state index is 12.8. The third kappa shape index (κ3) is 4.03. The first-order chi connectivity index (χ1) is 15.0. The van der Waals surface area contributed by atoms with Crippen LogP contribution < -0.4 is 14.8 Å². The molecule has 5 rings (SSSR count). The molecule has 3 aromatic rings. The zero-order valence-corrected chi connectivity index (χ0v) is 18.6. The Kier molecular flexibility index (Phi) is 5.38. The minimum Gasteiger partial charge on any atom is -0.454 e. The summed E-state index contributed by atoms with van der Waals surface area (Å²) in [5, 5.41) is 13.6. The Morgan fingerprint density at radius 2 is 2.06 bits per heavy atom. The Bertz CT molecular complexity index is 1210. The number of sulfonamides is 1. The van der Waals surface area contributed by atoms with Crippen molar-refractivity contribution in [3.63, 3.8) is 0 Å². The molecule has 0 aliphatic carbocycles. The minimum atomic E-state index is -3.51. The number of nitrogens with one attached hydrogen (secondary N) is 1. The van der Waals surface area contributed by atoms with Gasteiger partial charge in [-0.15, -0.1) is 21.5 Å². The molecule has 31 heavy (non-hydrogen) atoms. The van der Waals surface area contributed by atoms with Crippen LogP contribution in [0.15, 0.2) is 39.9 Å². The van der Waals surface area contributed by atoms with Gasteiger partial charge in [0.05, 0.1) is 0 Å². The van der Waals surface area contributed by atoms with Crippen LogP contribution in [0.2, 0.25) is 0 Å². The van der Waals surface area contributed by atoms with Crippen LogP contribution in [0.3, 0.4) is 0 Å². The van der Waals surface area contributed by atoms with Crippen molar-refractivity contribution in [1.82, 2.24) is 14.5 Å². The Balaban J connectivity index is 1.28. The third-order valence-corrected chi connectivity index (χ3v) is 9.41. The van der Waals surface area contributed by atoms with E-state index in [0.29, 0.717) is 39.5 Å². The van der Waals surface area contributed by atoms with Crippen LogP contribution in [0.25, 0.3) is 0 Å². The fourth-order valence-electron chi connectivity index (χ4n) is 3.55. The normalized spacial score (nSPS) is 18.8. The van der Waals surface area contributed by atoms with Gasteiger partial charge in [-0.25, -0.2) is 8.42 Å². The quantitative estimate of drug-likeness (QED) is 0.600. The summed E-state index contributed by atoms with van der Waals surface area (Å²) >= 11 is 2.41. The predicted octanol–water partition coefficient (Wildman–Crippen LogP) is 3.15. The summed E-state index contributed by atoms with van der Waals surface area (Å²) in [7, 11) is -3.51. The minimum absolute atomic E-state index is 0.0897. The summed E-state index contributed by atoms with van der Waals surface area (Å²) in [5.74, 6) is 0.745. The number of carbonyl (C=O) groups is 1. The van der Waals surface area contributed by atoms with E-state index in [1.807, 2.05) is 0 Å². The van der Waals surface area contributed by atoms with E-state index in [2.05, 4.69) is 15.5 Å². The number of nitrogens with zero attached hydrogens (tertiary/aromatic N) is 3. The van der Waals surface area contributed by atoms with Crippen LogP contribution in [0.1, 0.15) is 33.6 Å². The van der Waals surface area contributed by atoms with Gasteiger partial charge >= 0.3 is 0 Å². The third-order valence-electron chi connectivity index (χ3n) is 5.09. The van der Waals surface area contributed by atoms with Gasteiger partial charge in [0.2, 0.25) is 11.8 Å². The number of thiophene rings is 1. The lowest BCUT2D eigenvalue weighted by atomic mass is 10.0. The fraction of sp³-hybridized carbons (Fsp3) is 0.316. The molecule has 1 fully saturated rings. The summed E-state index contributed by atoms with van der Waals surface area (Å²) in [4.78, 5) is 12.6. The maximum Gasteiger partial charge on any atom is 0.286 e. The average molecular weight is 479 g/mol. The number of fused-ring (bicyclic) bond motifs is 1. The molecule has 4 heterocycles. The van der Waals surface area contributed by atoms with Crippen molar-refractivity contribution < 1.29 is 22.7 Å². The number of anilines is 1. The first kappa shape index (κ1) is 20.4. The molecule has 1 saturated heterocycles. The molecule has 12 heteroatoms. The van der Waals surface area contributed by atoms with E-state index in [1.165, 1.54) is 27.0 Å². The second-order valence-electron chi connectivity index (χ2n) is 7.10. The van der Waals surface area contributed by atoms with Gasteiger partial charge < -0.3 is 14.8 Å². The van der Waals surface area contributed by atoms with E-state index in [0.717, 1.165) is 12.8 Å². The molecule has 1 amide bonds. The van der Waals surface area contributed by atoms with Crippen LogP contribution in [0, 0.1) is 0 Å². The maximum atomic E-state index is 12.8. The summed E-state index contributed by atoms with van der Waals surface area (Å²) in [6.45, 7) is 0.971. The van der Waals surface area contributed by atoms with Crippen molar-refractivity contribution in [1.29, 1.82) is 0 Å². The first-order valence-electron chi connectivity index (χ1n) is 9.59. The van der Waals surface area contributed by atoms with Gasteiger partial charge in [-0.2, -0.15) is 4.31 Å². The second-order valence-corrected chi connectivity index (χ2v) is 11.2. The van der Waals surface area contributed by atoms with E-state index in [1.54, 1.807) is 35.7 Å². The van der Waals surface area contributed by atoms with E-state index in [-0.39, 0.29) is 23.6 Å². The number of hydrogen-bond donors (Lipinski definition) is 1. The standard InChI is InChI=1S/C19H18N4O5S3/c24-17(20-13-5-6-14-15(9-13)28-11-27-14)19-22-21-18(30-19)12-3-1-7-23(10-12)31(25,26)16-4-2-8-29-16/h2,4-6,8-9,12H,1,3,7,10-11H2,(H,20,24)/t12-/m1/s1. The van der Waals surface area contributed by atoms with Gasteiger partial charge in [-0.3, -0.25) is 4.79 Å². The van der Waals surface area contributed by atoms with Crippen LogP contribution in [-0.4, -0.2) is 48.7 Å². The second kappa shape index (κ2) is 8.19. The lowest BCUT2D eigenvalue weighted by Gasteiger charge is -2.30. The highest BCUT2D eigenvalue weighted by Gasteiger charge is 2.33. The van der Waals surface area contributed by atoms with Gasteiger partial charge in [0.15, 0.2) is 11.5 Å². The molecule has 9 nitrogen and oxygen atoms in total. The molecule has 1 aromatic carbocycles. The highest BCUT2D eigenvalue weighted by atomic mass is 32.2. The zero-order chi connectivity index (χ0) is 21.4. The molecule has 0 spiro atoms. The SMILES string of the molecule is O=C(Nc1ccc2c(c1)OCO2)c1nnc([C@@H]2CCCN(S(=O)(=O)c3cccs3)C2)s1. The Morgan fingerprint density at radius 1 is 1.19 bits per heavy atom. The number of benzene rings is 1. The molecule has 162 valence electrons. The van der Waals surface area contributed by atoms with Crippen LogP contribution in [0.4, 0.5) is 5.69 Å². The molecule has 2 aliphatic heterocycles. The number of aromatic nitrogens is 2. The van der Waals surface area contributed by atoms with Gasteiger partial charge in [0.1, 0.15) is 9.22 Å². The van der Waals surface area contributed by atoms with Crippen molar-refractivity contribution in [2.45, 2.75) is 23.0 Å². The van der Waals surface area contributed by atoms with Gasteiger partial charge in [0.25, 0.3) is 15.9 Å². The van der Waals surface area contributed by atoms with Crippen molar-refractivity contribution in [3.05, 3.63) is 45.7 Å². The number of carbonyl (C=O) groups excluding carboxylic acids is 1. The van der Waals surface area contributed by atoms with E-state index in [4.69, 9.17) is 9.47 Å². The predicted molar refractivity (Wildman–Crippen MR) is 115 cm³/mol. The van der Waals surface area contributed by atoms with Crippen molar-refractivity contribution in [2.24, 2.45) is 0 Å². The summed E-state index contributed by atoms with van der Waals surface area (Å²) < 4.78 is 38.1. The lowest BCUT2D eigenvalue weighted by molar-refractivity contribution is 0.102. The molecular weight excluding hydrogens is 460 g/mol. The number of amides is 1. The van der Waals surface area contributed by atoms with Gasteiger partial charge in [0, 0.05) is 30.8 Å². The van der Waals surface area contributed by atoms with Crippen molar-refractivity contribution in [3.8, 4) is 11.5 Å². The monoisotopic (exact) mass is 478 g/mol. The van der Waals surface area contributed by atoms with Crippen molar-refractivity contribution in [2.75, 3.05) is 25.2 Å². The Morgan fingerprint density at radius 3 is 2.90 bits per heavy atom. The molecule has 0 bridgehead atoms. The molecule has 2 aliphatic rings. The van der Waals surface area contributed by atoms with E-state index in [9.17, 15) is 13.2 Å². The van der Waals surface area contributed by atoms with Crippen LogP contribution >= 0.6 is 22.7 Å². The molecule has 2 aromatic heterocycles. The number of ether oxygens (including phenoxy) is 2. The summed E-state index contributed by atoms with van der Waals surface area (Å²) in [6.07, 6.45) is 1.53. The molecule has 0 saturated carbocycles. The average Bonchev–Trinajstić information content (AvgIpc) is 3.55. The smallest absolute Gasteiger partial charge is 0.286 e. The van der Waals surface area contributed by atoms with Crippen LogP contribution in [0.5, 0.6) is 11.5 Å². The van der Waals surface area contributed by atoms with Crippen LogP contribution in [-0.2, 0) is 10.0 Å². The summed E-state index contributed by atoms with van der Waals surface area (Å²) in [6, 6.07) is 8.49.